The molecule has 9 heteroatoms. The van der Waals surface area contributed by atoms with Crippen LogP contribution in [0.5, 0.6) is 0 Å². The Kier molecular flexibility index (Phi) is 10.6. The lowest BCUT2D eigenvalue weighted by Gasteiger charge is -2.34. The first-order chi connectivity index (χ1) is 20.6. The highest BCUT2D eigenvalue weighted by Crippen LogP contribution is 2.26. The lowest BCUT2D eigenvalue weighted by Crippen LogP contribution is -2.54. The van der Waals surface area contributed by atoms with Crippen molar-refractivity contribution in [3.8, 4) is 0 Å². The Bertz CT molecular complexity index is 1630. The molecular weight excluding hydrogens is 582 g/mol. The van der Waals surface area contributed by atoms with E-state index in [1.165, 1.54) is 17.0 Å². The van der Waals surface area contributed by atoms with Gasteiger partial charge in [0.25, 0.3) is 10.0 Å². The Balaban J connectivity index is 1.80. The van der Waals surface area contributed by atoms with Gasteiger partial charge in [-0.1, -0.05) is 96.0 Å². The number of halogens is 1. The standard InChI is InChI=1S/C34H36ClN3O4S/c1-25(2)36-34(40)32(22-27-12-6-4-7-13-27)37(23-28-14-10-11-17-31(28)35)33(39)24-38(29-20-18-26(3)19-21-29)43(41,42)30-15-8-5-9-16-30/h4-21,25,32H,22-24H2,1-3H3,(H,36,40)/t32-/m0/s1. The summed E-state index contributed by atoms with van der Waals surface area (Å²) in [5, 5.41) is 3.39. The molecule has 0 aliphatic rings. The summed E-state index contributed by atoms with van der Waals surface area (Å²) in [7, 11) is -4.14. The number of benzene rings is 4. The van der Waals surface area contributed by atoms with Gasteiger partial charge >= 0.3 is 0 Å². The molecule has 7 nitrogen and oxygen atoms in total. The van der Waals surface area contributed by atoms with Gasteiger partial charge in [-0.2, -0.15) is 0 Å². The molecule has 1 atom stereocenters. The number of sulfonamides is 1. The van der Waals surface area contributed by atoms with Gasteiger partial charge in [0, 0.05) is 24.0 Å². The molecule has 0 saturated carbocycles. The molecular formula is C34H36ClN3O4S. The SMILES string of the molecule is Cc1ccc(N(CC(=O)N(Cc2ccccc2Cl)[C@@H](Cc2ccccc2)C(=O)NC(C)C)S(=O)(=O)c2ccccc2)cc1. The van der Waals surface area contributed by atoms with Crippen LogP contribution in [0.15, 0.2) is 114 Å². The molecule has 224 valence electrons. The van der Waals surface area contributed by atoms with Gasteiger partial charge < -0.3 is 10.2 Å². The van der Waals surface area contributed by atoms with E-state index in [0.717, 1.165) is 15.4 Å². The van der Waals surface area contributed by atoms with Crippen molar-refractivity contribution in [2.24, 2.45) is 0 Å². The molecule has 4 aromatic rings. The van der Waals surface area contributed by atoms with E-state index >= 15 is 0 Å². The normalized spacial score (nSPS) is 12.0. The predicted molar refractivity (Wildman–Crippen MR) is 171 cm³/mol. The van der Waals surface area contributed by atoms with Crippen molar-refractivity contribution in [1.82, 2.24) is 10.2 Å². The number of carbonyl (C=O) groups excluding carboxylic acids is 2. The molecule has 0 aliphatic carbocycles. The van der Waals surface area contributed by atoms with Crippen molar-refractivity contribution in [3.05, 3.63) is 131 Å². The van der Waals surface area contributed by atoms with E-state index in [2.05, 4.69) is 5.32 Å². The lowest BCUT2D eigenvalue weighted by atomic mass is 10.0. The molecule has 0 aliphatic heterocycles. The molecule has 43 heavy (non-hydrogen) atoms. The molecule has 2 amide bonds. The molecule has 0 radical (unpaired) electrons. The minimum absolute atomic E-state index is 0.00858. The average Bonchev–Trinajstić information content (AvgIpc) is 2.99. The van der Waals surface area contributed by atoms with Gasteiger partial charge in [-0.25, -0.2) is 8.42 Å². The third kappa shape index (κ3) is 8.24. The predicted octanol–water partition coefficient (Wildman–Crippen LogP) is 6.01. The molecule has 0 unspecified atom stereocenters. The van der Waals surface area contributed by atoms with E-state index < -0.39 is 28.5 Å². The number of anilines is 1. The van der Waals surface area contributed by atoms with Crippen LogP contribution >= 0.6 is 11.6 Å². The first-order valence-electron chi connectivity index (χ1n) is 14.1. The first kappa shape index (κ1) is 31.8. The van der Waals surface area contributed by atoms with E-state index in [1.807, 2.05) is 57.2 Å². The van der Waals surface area contributed by atoms with Crippen molar-refractivity contribution < 1.29 is 18.0 Å². The van der Waals surface area contributed by atoms with Crippen molar-refractivity contribution >= 4 is 39.1 Å². The van der Waals surface area contributed by atoms with Gasteiger partial charge in [0.2, 0.25) is 11.8 Å². The van der Waals surface area contributed by atoms with Crippen LogP contribution in [0, 0.1) is 6.92 Å². The van der Waals surface area contributed by atoms with Crippen LogP contribution in [0.4, 0.5) is 5.69 Å². The molecule has 0 spiro atoms. The van der Waals surface area contributed by atoms with Gasteiger partial charge in [-0.15, -0.1) is 0 Å². The monoisotopic (exact) mass is 617 g/mol. The Hall–Kier alpha value is -4.14. The van der Waals surface area contributed by atoms with Gasteiger partial charge in [-0.05, 0) is 62.2 Å². The molecule has 0 fully saturated rings. The maximum absolute atomic E-state index is 14.4. The van der Waals surface area contributed by atoms with E-state index in [-0.39, 0.29) is 29.8 Å². The number of carbonyl (C=O) groups is 2. The van der Waals surface area contributed by atoms with Crippen LogP contribution in [-0.4, -0.2) is 43.8 Å². The van der Waals surface area contributed by atoms with Crippen molar-refractivity contribution in [1.29, 1.82) is 0 Å². The summed E-state index contributed by atoms with van der Waals surface area (Å²) in [4.78, 5) is 29.6. The maximum Gasteiger partial charge on any atom is 0.264 e. The van der Waals surface area contributed by atoms with Gasteiger partial charge in [-0.3, -0.25) is 13.9 Å². The minimum atomic E-state index is -4.14. The van der Waals surface area contributed by atoms with E-state index in [9.17, 15) is 18.0 Å². The number of nitrogens with one attached hydrogen (secondary N) is 1. The Morgan fingerprint density at radius 1 is 0.814 bits per heavy atom. The van der Waals surface area contributed by atoms with Crippen LogP contribution in [0.3, 0.4) is 0 Å². The second-order valence-corrected chi connectivity index (χ2v) is 12.9. The zero-order valence-corrected chi connectivity index (χ0v) is 26.1. The molecule has 0 bridgehead atoms. The molecule has 0 aromatic heterocycles. The number of hydrogen-bond donors (Lipinski definition) is 1. The molecule has 0 saturated heterocycles. The molecule has 0 heterocycles. The number of aryl methyl sites for hydroxylation is 1. The quantitative estimate of drug-likeness (QED) is 0.211. The number of rotatable bonds is 12. The van der Waals surface area contributed by atoms with Crippen LogP contribution in [0.1, 0.15) is 30.5 Å². The van der Waals surface area contributed by atoms with Crippen LogP contribution in [0.25, 0.3) is 0 Å². The highest BCUT2D eigenvalue weighted by molar-refractivity contribution is 7.92. The highest BCUT2D eigenvalue weighted by Gasteiger charge is 2.35. The van der Waals surface area contributed by atoms with E-state index in [1.54, 1.807) is 60.7 Å². The smallest absolute Gasteiger partial charge is 0.264 e. The van der Waals surface area contributed by atoms with Crippen molar-refractivity contribution in [2.75, 3.05) is 10.8 Å². The summed E-state index contributed by atoms with van der Waals surface area (Å²) in [5.74, 6) is -0.883. The van der Waals surface area contributed by atoms with Crippen molar-refractivity contribution in [3.63, 3.8) is 0 Å². The Labute approximate surface area is 259 Å². The highest BCUT2D eigenvalue weighted by atomic mass is 35.5. The fourth-order valence-corrected chi connectivity index (χ4v) is 6.33. The largest absolute Gasteiger partial charge is 0.352 e. The number of amides is 2. The minimum Gasteiger partial charge on any atom is -0.352 e. The summed E-state index contributed by atoms with van der Waals surface area (Å²) >= 11 is 6.53. The van der Waals surface area contributed by atoms with Crippen LogP contribution in [0.2, 0.25) is 5.02 Å². The summed E-state index contributed by atoms with van der Waals surface area (Å²) in [6.45, 7) is 5.09. The third-order valence-electron chi connectivity index (χ3n) is 6.93. The molecule has 4 aromatic carbocycles. The van der Waals surface area contributed by atoms with E-state index in [4.69, 9.17) is 11.6 Å². The summed E-state index contributed by atoms with van der Waals surface area (Å²) < 4.78 is 29.1. The lowest BCUT2D eigenvalue weighted by molar-refractivity contribution is -0.140. The summed E-state index contributed by atoms with van der Waals surface area (Å²) in [5.41, 5.74) is 2.78. The third-order valence-corrected chi connectivity index (χ3v) is 9.09. The fraction of sp³-hybridized carbons (Fsp3) is 0.235. The molecule has 4 rings (SSSR count). The maximum atomic E-state index is 14.4. The molecule has 1 N–H and O–H groups in total. The second kappa shape index (κ2) is 14.4. The Morgan fingerprint density at radius 2 is 1.40 bits per heavy atom. The van der Waals surface area contributed by atoms with Crippen LogP contribution < -0.4 is 9.62 Å². The first-order valence-corrected chi connectivity index (χ1v) is 15.9. The van der Waals surface area contributed by atoms with Gasteiger partial charge in [0.15, 0.2) is 0 Å². The van der Waals surface area contributed by atoms with Gasteiger partial charge in [0.1, 0.15) is 12.6 Å². The zero-order valence-electron chi connectivity index (χ0n) is 24.5. The van der Waals surface area contributed by atoms with E-state index in [0.29, 0.717) is 16.3 Å². The van der Waals surface area contributed by atoms with Crippen molar-refractivity contribution in [2.45, 2.75) is 50.7 Å². The average molecular weight is 618 g/mol. The van der Waals surface area contributed by atoms with Crippen LogP contribution in [-0.2, 0) is 32.6 Å². The summed E-state index contributed by atoms with van der Waals surface area (Å²) in [6, 6.07) is 30.4. The number of nitrogens with zero attached hydrogens (tertiary/aromatic N) is 2. The topological polar surface area (TPSA) is 86.8 Å². The fourth-order valence-electron chi connectivity index (χ4n) is 4.70. The zero-order chi connectivity index (χ0) is 31.0. The Morgan fingerprint density at radius 3 is 2.00 bits per heavy atom. The summed E-state index contributed by atoms with van der Waals surface area (Å²) in [6.07, 6.45) is 0.228. The van der Waals surface area contributed by atoms with Gasteiger partial charge in [0.05, 0.1) is 10.6 Å². The second-order valence-electron chi connectivity index (χ2n) is 10.6. The number of hydrogen-bond acceptors (Lipinski definition) is 4.